The first-order chi connectivity index (χ1) is 7.84. The molecule has 2 heteroatoms. The van der Waals surface area contributed by atoms with Gasteiger partial charge >= 0.3 is 0 Å². The van der Waals surface area contributed by atoms with E-state index < -0.39 is 0 Å². The topological polar surface area (TPSA) is 44.0 Å². The molecule has 0 saturated carbocycles. The summed E-state index contributed by atoms with van der Waals surface area (Å²) < 4.78 is 0. The fourth-order valence-corrected chi connectivity index (χ4v) is 1.48. The molecule has 1 aromatic rings. The lowest BCUT2D eigenvalue weighted by Gasteiger charge is -2.08. The zero-order chi connectivity index (χ0) is 11.6. The lowest BCUT2D eigenvalue weighted by Crippen LogP contribution is -1.95. The smallest absolute Gasteiger partial charge is 0.0793 e. The number of nitrogens with zero attached hydrogens (tertiary/aromatic N) is 1. The molecule has 0 aliphatic carbocycles. The molecule has 1 atom stereocenters. The third kappa shape index (κ3) is 4.77. The van der Waals surface area contributed by atoms with Crippen molar-refractivity contribution in [3.8, 4) is 6.07 Å². The number of aliphatic hydroxyl groups excluding tert-OH is 1. The van der Waals surface area contributed by atoms with Gasteiger partial charge in [0, 0.05) is 6.42 Å². The molecule has 0 aliphatic heterocycles. The zero-order valence-corrected chi connectivity index (χ0v) is 9.34. The quantitative estimate of drug-likeness (QED) is 0.584. The van der Waals surface area contributed by atoms with Gasteiger partial charge in [-0.1, -0.05) is 42.5 Å². The Morgan fingerprint density at radius 2 is 1.88 bits per heavy atom. The summed E-state index contributed by atoms with van der Waals surface area (Å²) in [6.07, 6.45) is 6.59. The summed E-state index contributed by atoms with van der Waals surface area (Å²) in [5.74, 6) is 0. The molecule has 0 radical (unpaired) electrons. The summed E-state index contributed by atoms with van der Waals surface area (Å²) in [5, 5.41) is 18.2. The van der Waals surface area contributed by atoms with Crippen molar-refractivity contribution in [2.45, 2.75) is 31.8 Å². The highest BCUT2D eigenvalue weighted by molar-refractivity contribution is 5.17. The maximum atomic E-state index is 9.84. The van der Waals surface area contributed by atoms with Crippen LogP contribution in [0.1, 0.15) is 37.4 Å². The van der Waals surface area contributed by atoms with Crippen molar-refractivity contribution in [2.75, 3.05) is 0 Å². The second kappa shape index (κ2) is 7.67. The molecule has 0 spiro atoms. The van der Waals surface area contributed by atoms with Crippen molar-refractivity contribution < 1.29 is 5.11 Å². The normalized spacial score (nSPS) is 12.5. The number of aliphatic hydroxyl groups is 1. The first kappa shape index (κ1) is 12.5. The summed E-state index contributed by atoms with van der Waals surface area (Å²) in [6.45, 7) is 0. The highest BCUT2D eigenvalue weighted by Crippen LogP contribution is 2.17. The zero-order valence-electron chi connectivity index (χ0n) is 9.34. The predicted molar refractivity (Wildman–Crippen MR) is 64.6 cm³/mol. The van der Waals surface area contributed by atoms with Crippen molar-refractivity contribution in [1.82, 2.24) is 0 Å². The molecule has 0 fully saturated rings. The Morgan fingerprint density at radius 1 is 1.19 bits per heavy atom. The lowest BCUT2D eigenvalue weighted by molar-refractivity contribution is 0.168. The van der Waals surface area contributed by atoms with E-state index in [0.29, 0.717) is 6.42 Å². The van der Waals surface area contributed by atoms with Gasteiger partial charge in [0.05, 0.1) is 12.2 Å². The van der Waals surface area contributed by atoms with E-state index in [1.54, 1.807) is 0 Å². The Balaban J connectivity index is 2.23. The minimum absolute atomic E-state index is 0.387. The van der Waals surface area contributed by atoms with Crippen molar-refractivity contribution >= 4 is 0 Å². The van der Waals surface area contributed by atoms with E-state index >= 15 is 0 Å². The van der Waals surface area contributed by atoms with Gasteiger partial charge in [-0.05, 0) is 24.8 Å². The highest BCUT2D eigenvalue weighted by Gasteiger charge is 2.04. The molecule has 2 nitrogen and oxygen atoms in total. The average Bonchev–Trinajstić information content (AvgIpc) is 2.34. The first-order valence-corrected chi connectivity index (χ1v) is 5.59. The Bertz CT molecular complexity index is 351. The van der Waals surface area contributed by atoms with Gasteiger partial charge in [-0.3, -0.25) is 0 Å². The number of hydrogen-bond acceptors (Lipinski definition) is 2. The number of rotatable bonds is 6. The number of nitriles is 1. The third-order valence-electron chi connectivity index (χ3n) is 2.38. The minimum atomic E-state index is -0.387. The van der Waals surface area contributed by atoms with Crippen molar-refractivity contribution in [3.63, 3.8) is 0 Å². The summed E-state index contributed by atoms with van der Waals surface area (Å²) in [4.78, 5) is 0. The molecule has 0 heterocycles. The second-order valence-corrected chi connectivity index (χ2v) is 3.67. The van der Waals surface area contributed by atoms with E-state index in [0.717, 1.165) is 24.8 Å². The number of allylic oxidation sites excluding steroid dienone is 2. The van der Waals surface area contributed by atoms with Gasteiger partial charge in [0.25, 0.3) is 0 Å². The Hall–Kier alpha value is -1.59. The number of benzene rings is 1. The monoisotopic (exact) mass is 215 g/mol. The summed E-state index contributed by atoms with van der Waals surface area (Å²) >= 11 is 0. The van der Waals surface area contributed by atoms with E-state index in [4.69, 9.17) is 5.26 Å². The van der Waals surface area contributed by atoms with E-state index in [-0.39, 0.29) is 6.10 Å². The van der Waals surface area contributed by atoms with E-state index in [1.807, 2.05) is 42.5 Å². The van der Waals surface area contributed by atoms with Crippen LogP contribution >= 0.6 is 0 Å². The van der Waals surface area contributed by atoms with Gasteiger partial charge in [-0.2, -0.15) is 5.26 Å². The average molecular weight is 215 g/mol. The number of hydrogen-bond donors (Lipinski definition) is 1. The second-order valence-electron chi connectivity index (χ2n) is 3.67. The predicted octanol–water partition coefficient (Wildman–Crippen LogP) is 3.36. The van der Waals surface area contributed by atoms with Gasteiger partial charge in [0.15, 0.2) is 0 Å². The van der Waals surface area contributed by atoms with E-state index in [2.05, 4.69) is 6.07 Å². The standard InChI is InChI=1S/C14H17NO/c15-12-8-3-1-2-7-11-14(16)13-9-5-4-6-10-13/h1-2,4-6,9-10,14,16H,3,7-8,11H2. The molecule has 1 unspecified atom stereocenters. The Morgan fingerprint density at radius 3 is 2.56 bits per heavy atom. The van der Waals surface area contributed by atoms with Crippen molar-refractivity contribution in [2.24, 2.45) is 0 Å². The fourth-order valence-electron chi connectivity index (χ4n) is 1.48. The van der Waals surface area contributed by atoms with Crippen LogP contribution in [-0.2, 0) is 0 Å². The van der Waals surface area contributed by atoms with Crippen molar-refractivity contribution in [3.05, 3.63) is 48.0 Å². The third-order valence-corrected chi connectivity index (χ3v) is 2.38. The molecule has 84 valence electrons. The van der Waals surface area contributed by atoms with Crippen LogP contribution in [0.25, 0.3) is 0 Å². The minimum Gasteiger partial charge on any atom is -0.388 e. The summed E-state index contributed by atoms with van der Waals surface area (Å²) in [5.41, 5.74) is 0.966. The SMILES string of the molecule is N#CCCC=CCCC(O)c1ccccc1. The van der Waals surface area contributed by atoms with Crippen LogP contribution < -0.4 is 0 Å². The van der Waals surface area contributed by atoms with Gasteiger partial charge < -0.3 is 5.11 Å². The van der Waals surface area contributed by atoms with Gasteiger partial charge in [-0.25, -0.2) is 0 Å². The maximum absolute atomic E-state index is 9.84. The molecular formula is C14H17NO. The van der Waals surface area contributed by atoms with E-state index in [9.17, 15) is 5.11 Å². The fraction of sp³-hybridized carbons (Fsp3) is 0.357. The molecule has 1 rings (SSSR count). The van der Waals surface area contributed by atoms with Crippen LogP contribution in [0.4, 0.5) is 0 Å². The summed E-state index contributed by atoms with van der Waals surface area (Å²) in [7, 11) is 0. The van der Waals surface area contributed by atoms with Gasteiger partial charge in [-0.15, -0.1) is 0 Å². The molecule has 0 aliphatic rings. The largest absolute Gasteiger partial charge is 0.388 e. The molecule has 0 saturated heterocycles. The van der Waals surface area contributed by atoms with Crippen LogP contribution in [0, 0.1) is 11.3 Å². The lowest BCUT2D eigenvalue weighted by atomic mass is 10.0. The molecule has 1 aromatic carbocycles. The van der Waals surface area contributed by atoms with Crippen LogP contribution in [0.15, 0.2) is 42.5 Å². The van der Waals surface area contributed by atoms with Crippen LogP contribution in [0.2, 0.25) is 0 Å². The molecule has 1 N–H and O–H groups in total. The van der Waals surface area contributed by atoms with Crippen LogP contribution in [0.5, 0.6) is 0 Å². The van der Waals surface area contributed by atoms with Gasteiger partial charge in [0.1, 0.15) is 0 Å². The van der Waals surface area contributed by atoms with Crippen LogP contribution in [-0.4, -0.2) is 5.11 Å². The van der Waals surface area contributed by atoms with E-state index in [1.165, 1.54) is 0 Å². The molecular weight excluding hydrogens is 198 g/mol. The molecule has 0 bridgehead atoms. The highest BCUT2D eigenvalue weighted by atomic mass is 16.3. The first-order valence-electron chi connectivity index (χ1n) is 5.59. The molecule has 0 amide bonds. The number of unbranched alkanes of at least 4 members (excludes halogenated alkanes) is 1. The molecule has 0 aromatic heterocycles. The molecule has 16 heavy (non-hydrogen) atoms. The van der Waals surface area contributed by atoms with Crippen molar-refractivity contribution in [1.29, 1.82) is 5.26 Å². The Labute approximate surface area is 96.8 Å². The van der Waals surface area contributed by atoms with Gasteiger partial charge in [0.2, 0.25) is 0 Å². The van der Waals surface area contributed by atoms with Crippen LogP contribution in [0.3, 0.4) is 0 Å². The Kier molecular flexibility index (Phi) is 5.98. The maximum Gasteiger partial charge on any atom is 0.0793 e. The summed E-state index contributed by atoms with van der Waals surface area (Å²) in [6, 6.07) is 11.8.